The number of nitrogens with zero attached hydrogens (tertiary/aromatic N) is 1. The highest BCUT2D eigenvalue weighted by atomic mass is 16.4. The number of carbonyl (C=O) groups excluding carboxylic acids is 3. The van der Waals surface area contributed by atoms with Crippen molar-refractivity contribution in [1.82, 2.24) is 15.5 Å². The molecule has 0 aliphatic carbocycles. The third kappa shape index (κ3) is 8.63. The molecule has 36 heavy (non-hydrogen) atoms. The fraction of sp³-hybridized carbons (Fsp3) is 0.560. The first-order chi connectivity index (χ1) is 17.0. The number of carbonyl (C=O) groups is 5. The third-order valence-electron chi connectivity index (χ3n) is 6.06. The number of rotatable bonds is 13. The Kier molecular flexibility index (Phi) is 10.8. The zero-order chi connectivity index (χ0) is 26.8. The molecule has 1 aromatic carbocycles. The van der Waals surface area contributed by atoms with E-state index >= 15 is 0 Å². The van der Waals surface area contributed by atoms with Crippen LogP contribution in [0.3, 0.4) is 0 Å². The lowest BCUT2D eigenvalue weighted by atomic mass is 10.0. The van der Waals surface area contributed by atoms with Crippen molar-refractivity contribution in [1.29, 1.82) is 0 Å². The molecule has 4 unspecified atom stereocenters. The average Bonchev–Trinajstić information content (AvgIpc) is 3.30. The van der Waals surface area contributed by atoms with E-state index in [1.54, 1.807) is 30.3 Å². The molecule has 1 heterocycles. The molecule has 1 fully saturated rings. The Bertz CT molecular complexity index is 938. The summed E-state index contributed by atoms with van der Waals surface area (Å²) in [6, 6.07) is 4.79. The number of amides is 3. The first-order valence-electron chi connectivity index (χ1n) is 12.1. The number of benzene rings is 1. The zero-order valence-corrected chi connectivity index (χ0v) is 20.7. The molecule has 0 bridgehead atoms. The molecule has 2 rings (SSSR count). The van der Waals surface area contributed by atoms with Gasteiger partial charge in [-0.25, -0.2) is 4.79 Å². The zero-order valence-electron chi connectivity index (χ0n) is 20.7. The summed E-state index contributed by atoms with van der Waals surface area (Å²) in [5.41, 5.74) is 6.79. The lowest BCUT2D eigenvalue weighted by Gasteiger charge is -2.29. The number of nitrogens with one attached hydrogen (secondary N) is 2. The van der Waals surface area contributed by atoms with Gasteiger partial charge in [0.2, 0.25) is 17.7 Å². The van der Waals surface area contributed by atoms with Gasteiger partial charge in [-0.2, -0.15) is 0 Å². The second-order valence-corrected chi connectivity index (χ2v) is 9.51. The second kappa shape index (κ2) is 13.6. The lowest BCUT2D eigenvalue weighted by molar-refractivity contribution is -0.144. The van der Waals surface area contributed by atoms with Crippen LogP contribution in [-0.4, -0.2) is 75.5 Å². The van der Waals surface area contributed by atoms with Crippen molar-refractivity contribution < 1.29 is 34.2 Å². The molecule has 1 aromatic rings. The number of carboxylic acids is 2. The lowest BCUT2D eigenvalue weighted by Crippen LogP contribution is -2.57. The Labute approximate surface area is 210 Å². The van der Waals surface area contributed by atoms with Crippen LogP contribution in [0, 0.1) is 5.92 Å². The van der Waals surface area contributed by atoms with Crippen molar-refractivity contribution in [3.8, 4) is 0 Å². The Morgan fingerprint density at radius 3 is 2.31 bits per heavy atom. The molecule has 198 valence electrons. The van der Waals surface area contributed by atoms with Crippen LogP contribution in [0.25, 0.3) is 0 Å². The molecule has 6 N–H and O–H groups in total. The molecule has 1 aliphatic heterocycles. The van der Waals surface area contributed by atoms with Crippen LogP contribution in [0.5, 0.6) is 0 Å². The van der Waals surface area contributed by atoms with Crippen molar-refractivity contribution in [2.45, 2.75) is 76.5 Å². The van der Waals surface area contributed by atoms with Crippen LogP contribution in [0.1, 0.15) is 51.5 Å². The van der Waals surface area contributed by atoms with Gasteiger partial charge in [0.05, 0.1) is 6.04 Å². The maximum absolute atomic E-state index is 13.2. The standard InChI is InChI=1S/C25H36N4O7/c1-15(2)13-17(26)24(34)29-12-6-9-20(29)23(33)28-19(14-16-7-4-3-5-8-16)22(32)27-18(25(35)36)10-11-21(30)31/h3-5,7-8,15,17-20H,6,9-14,26H2,1-2H3,(H,27,32)(H,28,33)(H,30,31)(H,35,36). The number of carboxylic acid groups (broad SMARTS) is 2. The van der Waals surface area contributed by atoms with E-state index in [9.17, 15) is 29.1 Å². The number of hydrogen-bond acceptors (Lipinski definition) is 6. The van der Waals surface area contributed by atoms with Crippen molar-refractivity contribution in [2.75, 3.05) is 6.54 Å². The molecule has 3 amide bonds. The monoisotopic (exact) mass is 504 g/mol. The summed E-state index contributed by atoms with van der Waals surface area (Å²) in [6.45, 7) is 4.29. The van der Waals surface area contributed by atoms with Gasteiger partial charge in [-0.1, -0.05) is 44.2 Å². The summed E-state index contributed by atoms with van der Waals surface area (Å²) >= 11 is 0. The number of likely N-dealkylation sites (tertiary alicyclic amines) is 1. The minimum Gasteiger partial charge on any atom is -0.481 e. The molecular formula is C25H36N4O7. The summed E-state index contributed by atoms with van der Waals surface area (Å²) < 4.78 is 0. The van der Waals surface area contributed by atoms with Gasteiger partial charge < -0.3 is 31.5 Å². The maximum atomic E-state index is 13.2. The highest BCUT2D eigenvalue weighted by molar-refractivity contribution is 5.94. The van der Waals surface area contributed by atoms with E-state index in [-0.39, 0.29) is 24.7 Å². The third-order valence-corrected chi connectivity index (χ3v) is 6.06. The Hall–Kier alpha value is -3.47. The van der Waals surface area contributed by atoms with Crippen LogP contribution in [0.2, 0.25) is 0 Å². The Morgan fingerprint density at radius 1 is 1.06 bits per heavy atom. The predicted molar refractivity (Wildman–Crippen MR) is 131 cm³/mol. The molecular weight excluding hydrogens is 468 g/mol. The normalized spacial score (nSPS) is 17.8. The quantitative estimate of drug-likeness (QED) is 0.258. The second-order valence-electron chi connectivity index (χ2n) is 9.51. The first kappa shape index (κ1) is 28.8. The van der Waals surface area contributed by atoms with E-state index in [1.165, 1.54) is 4.90 Å². The number of aliphatic carboxylic acids is 2. The molecule has 4 atom stereocenters. The van der Waals surface area contributed by atoms with Gasteiger partial charge in [-0.3, -0.25) is 19.2 Å². The summed E-state index contributed by atoms with van der Waals surface area (Å²) in [5.74, 6) is -3.94. The van der Waals surface area contributed by atoms with E-state index in [2.05, 4.69) is 10.6 Å². The number of hydrogen-bond donors (Lipinski definition) is 5. The Balaban J connectivity index is 2.18. The van der Waals surface area contributed by atoms with Gasteiger partial charge in [0.25, 0.3) is 0 Å². The van der Waals surface area contributed by atoms with Gasteiger partial charge in [0.1, 0.15) is 18.1 Å². The summed E-state index contributed by atoms with van der Waals surface area (Å²) in [6.07, 6.45) is 0.850. The molecule has 0 spiro atoms. The van der Waals surface area contributed by atoms with Crippen molar-refractivity contribution in [3.63, 3.8) is 0 Å². The van der Waals surface area contributed by atoms with Crippen molar-refractivity contribution in [3.05, 3.63) is 35.9 Å². The van der Waals surface area contributed by atoms with Gasteiger partial charge in [0, 0.05) is 19.4 Å². The first-order valence-corrected chi connectivity index (χ1v) is 12.1. The van der Waals surface area contributed by atoms with Crippen LogP contribution in [0.15, 0.2) is 30.3 Å². The van der Waals surface area contributed by atoms with Crippen LogP contribution < -0.4 is 16.4 Å². The summed E-state index contributed by atoms with van der Waals surface area (Å²) in [5, 5.41) is 23.3. The van der Waals surface area contributed by atoms with Gasteiger partial charge >= 0.3 is 11.9 Å². The van der Waals surface area contributed by atoms with Crippen LogP contribution in [0.4, 0.5) is 0 Å². The molecule has 11 nitrogen and oxygen atoms in total. The van der Waals surface area contributed by atoms with E-state index in [0.717, 1.165) is 5.56 Å². The van der Waals surface area contributed by atoms with Gasteiger partial charge in [0.15, 0.2) is 0 Å². The average molecular weight is 505 g/mol. The predicted octanol–water partition coefficient (Wildman–Crippen LogP) is 0.513. The molecule has 1 aliphatic rings. The van der Waals surface area contributed by atoms with Crippen LogP contribution >= 0.6 is 0 Å². The fourth-order valence-electron chi connectivity index (χ4n) is 4.25. The van der Waals surface area contributed by atoms with E-state index in [4.69, 9.17) is 10.8 Å². The minimum absolute atomic E-state index is 0.0806. The molecule has 0 aromatic heterocycles. The smallest absolute Gasteiger partial charge is 0.326 e. The molecule has 0 radical (unpaired) electrons. The van der Waals surface area contributed by atoms with E-state index < -0.39 is 54.3 Å². The number of nitrogens with two attached hydrogens (primary N) is 1. The van der Waals surface area contributed by atoms with Gasteiger partial charge in [-0.05, 0) is 37.2 Å². The Morgan fingerprint density at radius 2 is 1.72 bits per heavy atom. The van der Waals surface area contributed by atoms with Gasteiger partial charge in [-0.15, -0.1) is 0 Å². The van der Waals surface area contributed by atoms with Crippen molar-refractivity contribution in [2.24, 2.45) is 11.7 Å². The SMILES string of the molecule is CC(C)CC(N)C(=O)N1CCCC1C(=O)NC(Cc1ccccc1)C(=O)NC(CCC(=O)O)C(=O)O. The summed E-state index contributed by atoms with van der Waals surface area (Å²) in [4.78, 5) is 63.1. The highest BCUT2D eigenvalue weighted by Gasteiger charge is 2.38. The van der Waals surface area contributed by atoms with E-state index in [1.807, 2.05) is 13.8 Å². The van der Waals surface area contributed by atoms with Crippen LogP contribution in [-0.2, 0) is 30.4 Å². The molecule has 0 saturated carbocycles. The fourth-order valence-corrected chi connectivity index (χ4v) is 4.25. The van der Waals surface area contributed by atoms with E-state index in [0.29, 0.717) is 25.8 Å². The molecule has 11 heteroatoms. The maximum Gasteiger partial charge on any atom is 0.326 e. The topological polar surface area (TPSA) is 179 Å². The highest BCUT2D eigenvalue weighted by Crippen LogP contribution is 2.20. The summed E-state index contributed by atoms with van der Waals surface area (Å²) in [7, 11) is 0. The van der Waals surface area contributed by atoms with Crippen molar-refractivity contribution >= 4 is 29.7 Å². The molecule has 1 saturated heterocycles. The largest absolute Gasteiger partial charge is 0.481 e. The minimum atomic E-state index is -1.43.